The van der Waals surface area contributed by atoms with Gasteiger partial charge >= 0.3 is 6.18 Å². The fourth-order valence-corrected chi connectivity index (χ4v) is 1.79. The summed E-state index contributed by atoms with van der Waals surface area (Å²) in [5.41, 5.74) is -0.713. The molecule has 0 saturated heterocycles. The van der Waals surface area contributed by atoms with E-state index in [0.717, 1.165) is 10.6 Å². The molecule has 0 bridgehead atoms. The van der Waals surface area contributed by atoms with Gasteiger partial charge in [-0.15, -0.1) is 0 Å². The van der Waals surface area contributed by atoms with Crippen LogP contribution in [0.2, 0.25) is 0 Å². The van der Waals surface area contributed by atoms with Crippen molar-refractivity contribution in [2.24, 2.45) is 7.05 Å². The number of hydrogen-bond acceptors (Lipinski definition) is 1. The van der Waals surface area contributed by atoms with Crippen molar-refractivity contribution in [3.8, 4) is 5.75 Å². The fourth-order valence-electron chi connectivity index (χ4n) is 1.79. The van der Waals surface area contributed by atoms with E-state index >= 15 is 0 Å². The standard InChI is InChI=1S/C11H9F4NO/c1-16-7-3-4-8(17-2)10(12)6(7)5-9(16)11(13,14)15/h3-5H,1-2H3. The van der Waals surface area contributed by atoms with E-state index in [4.69, 9.17) is 4.74 Å². The van der Waals surface area contributed by atoms with Gasteiger partial charge in [-0.05, 0) is 18.2 Å². The van der Waals surface area contributed by atoms with Crippen molar-refractivity contribution in [3.05, 3.63) is 29.7 Å². The van der Waals surface area contributed by atoms with Crippen LogP contribution in [0.5, 0.6) is 5.75 Å². The van der Waals surface area contributed by atoms with E-state index in [1.54, 1.807) is 0 Å². The van der Waals surface area contributed by atoms with Gasteiger partial charge in [-0.3, -0.25) is 0 Å². The van der Waals surface area contributed by atoms with E-state index in [1.165, 1.54) is 26.3 Å². The molecular formula is C11H9F4NO. The van der Waals surface area contributed by atoms with Crippen molar-refractivity contribution < 1.29 is 22.3 Å². The highest BCUT2D eigenvalue weighted by molar-refractivity contribution is 5.83. The predicted octanol–water partition coefficient (Wildman–Crippen LogP) is 3.34. The lowest BCUT2D eigenvalue weighted by molar-refractivity contribution is -0.142. The lowest BCUT2D eigenvalue weighted by Crippen LogP contribution is -2.10. The van der Waals surface area contributed by atoms with Crippen LogP contribution in [-0.2, 0) is 13.2 Å². The zero-order chi connectivity index (χ0) is 12.8. The van der Waals surface area contributed by atoms with Gasteiger partial charge in [-0.25, -0.2) is 4.39 Å². The first kappa shape index (κ1) is 11.8. The molecule has 1 heterocycles. The molecule has 92 valence electrons. The Balaban J connectivity index is 2.78. The molecule has 0 saturated carbocycles. The molecular weight excluding hydrogens is 238 g/mol. The number of aromatic nitrogens is 1. The Morgan fingerprint density at radius 1 is 1.24 bits per heavy atom. The number of ether oxygens (including phenoxy) is 1. The Kier molecular flexibility index (Phi) is 2.52. The molecule has 0 atom stereocenters. The number of halogens is 4. The molecule has 1 aromatic carbocycles. The minimum Gasteiger partial charge on any atom is -0.494 e. The topological polar surface area (TPSA) is 14.2 Å². The number of fused-ring (bicyclic) bond motifs is 1. The summed E-state index contributed by atoms with van der Waals surface area (Å²) in [4.78, 5) is 0. The van der Waals surface area contributed by atoms with Gasteiger partial charge in [0.05, 0.1) is 12.6 Å². The van der Waals surface area contributed by atoms with E-state index in [0.29, 0.717) is 0 Å². The number of nitrogens with zero attached hydrogens (tertiary/aromatic N) is 1. The lowest BCUT2D eigenvalue weighted by Gasteiger charge is -2.07. The summed E-state index contributed by atoms with van der Waals surface area (Å²) in [6, 6.07) is 3.48. The zero-order valence-electron chi connectivity index (χ0n) is 9.10. The summed E-state index contributed by atoms with van der Waals surface area (Å²) in [6.45, 7) is 0. The summed E-state index contributed by atoms with van der Waals surface area (Å²) in [5.74, 6) is -0.854. The molecule has 1 aromatic heterocycles. The number of hydrogen-bond donors (Lipinski definition) is 0. The maximum Gasteiger partial charge on any atom is 0.431 e. The Bertz CT molecular complexity index is 571. The molecule has 17 heavy (non-hydrogen) atoms. The molecule has 0 fully saturated rings. The van der Waals surface area contributed by atoms with Gasteiger partial charge in [0.2, 0.25) is 0 Å². The highest BCUT2D eigenvalue weighted by atomic mass is 19.4. The molecule has 6 heteroatoms. The lowest BCUT2D eigenvalue weighted by atomic mass is 10.2. The minimum absolute atomic E-state index is 0.0724. The first-order valence-electron chi connectivity index (χ1n) is 4.75. The summed E-state index contributed by atoms with van der Waals surface area (Å²) in [5, 5.41) is -0.0980. The molecule has 2 aromatic rings. The third-order valence-corrected chi connectivity index (χ3v) is 2.64. The molecule has 0 aliphatic carbocycles. The van der Waals surface area contributed by atoms with Crippen LogP contribution in [0.1, 0.15) is 5.69 Å². The fraction of sp³-hybridized carbons (Fsp3) is 0.273. The molecule has 2 rings (SSSR count). The maximum absolute atomic E-state index is 13.7. The van der Waals surface area contributed by atoms with Crippen molar-refractivity contribution >= 4 is 10.9 Å². The second kappa shape index (κ2) is 3.65. The number of benzene rings is 1. The van der Waals surface area contributed by atoms with Crippen LogP contribution in [-0.4, -0.2) is 11.7 Å². The van der Waals surface area contributed by atoms with Crippen molar-refractivity contribution in [2.75, 3.05) is 7.11 Å². The van der Waals surface area contributed by atoms with Crippen LogP contribution < -0.4 is 4.74 Å². The van der Waals surface area contributed by atoms with Gasteiger partial charge in [0.1, 0.15) is 5.69 Å². The van der Waals surface area contributed by atoms with Crippen LogP contribution in [0.3, 0.4) is 0 Å². The quantitative estimate of drug-likeness (QED) is 0.705. The molecule has 2 nitrogen and oxygen atoms in total. The van der Waals surface area contributed by atoms with Gasteiger partial charge in [-0.1, -0.05) is 0 Å². The highest BCUT2D eigenvalue weighted by Crippen LogP contribution is 2.35. The summed E-state index contributed by atoms with van der Waals surface area (Å²) < 4.78 is 57.3. The Morgan fingerprint density at radius 3 is 2.41 bits per heavy atom. The molecule has 0 aliphatic rings. The van der Waals surface area contributed by atoms with Crippen LogP contribution in [0, 0.1) is 5.82 Å². The van der Waals surface area contributed by atoms with Crippen molar-refractivity contribution in [3.63, 3.8) is 0 Å². The number of rotatable bonds is 1. The van der Waals surface area contributed by atoms with Crippen LogP contribution >= 0.6 is 0 Å². The number of alkyl halides is 3. The first-order valence-corrected chi connectivity index (χ1v) is 4.75. The van der Waals surface area contributed by atoms with E-state index in [1.807, 2.05) is 0 Å². The van der Waals surface area contributed by atoms with E-state index in [9.17, 15) is 17.6 Å². The smallest absolute Gasteiger partial charge is 0.431 e. The third kappa shape index (κ3) is 1.73. The minimum atomic E-state index is -4.51. The van der Waals surface area contributed by atoms with Crippen molar-refractivity contribution in [1.29, 1.82) is 0 Å². The second-order valence-corrected chi connectivity index (χ2v) is 3.60. The SMILES string of the molecule is COc1ccc2c(cc(C(F)(F)F)n2C)c1F. The zero-order valence-corrected chi connectivity index (χ0v) is 9.10. The van der Waals surface area contributed by atoms with Crippen LogP contribution in [0.4, 0.5) is 17.6 Å². The molecule has 0 amide bonds. The van der Waals surface area contributed by atoms with E-state index < -0.39 is 17.7 Å². The largest absolute Gasteiger partial charge is 0.494 e. The highest BCUT2D eigenvalue weighted by Gasteiger charge is 2.35. The summed E-state index contributed by atoms with van der Waals surface area (Å²) in [7, 11) is 2.51. The maximum atomic E-state index is 13.7. The average molecular weight is 247 g/mol. The van der Waals surface area contributed by atoms with Gasteiger partial charge in [0.15, 0.2) is 11.6 Å². The molecule has 0 aliphatic heterocycles. The number of methoxy groups -OCH3 is 1. The Labute approximate surface area is 94.4 Å². The van der Waals surface area contributed by atoms with Gasteiger partial charge in [0.25, 0.3) is 0 Å². The Hall–Kier alpha value is -1.72. The average Bonchev–Trinajstić information content (AvgIpc) is 2.57. The van der Waals surface area contributed by atoms with Gasteiger partial charge < -0.3 is 9.30 Å². The predicted molar refractivity (Wildman–Crippen MR) is 54.4 cm³/mol. The summed E-state index contributed by atoms with van der Waals surface area (Å²) >= 11 is 0. The Morgan fingerprint density at radius 2 is 1.88 bits per heavy atom. The third-order valence-electron chi connectivity index (χ3n) is 2.64. The van der Waals surface area contributed by atoms with E-state index in [2.05, 4.69) is 0 Å². The van der Waals surface area contributed by atoms with Crippen LogP contribution in [0.25, 0.3) is 10.9 Å². The normalized spacial score (nSPS) is 12.1. The molecule has 0 N–H and O–H groups in total. The molecule has 0 radical (unpaired) electrons. The van der Waals surface area contributed by atoms with Gasteiger partial charge in [0, 0.05) is 12.4 Å². The monoisotopic (exact) mass is 247 g/mol. The molecule has 0 unspecified atom stereocenters. The van der Waals surface area contributed by atoms with Crippen LogP contribution in [0.15, 0.2) is 18.2 Å². The summed E-state index contributed by atoms with van der Waals surface area (Å²) in [6.07, 6.45) is -4.51. The van der Waals surface area contributed by atoms with Gasteiger partial charge in [-0.2, -0.15) is 13.2 Å². The van der Waals surface area contributed by atoms with Crippen molar-refractivity contribution in [1.82, 2.24) is 4.57 Å². The molecule has 0 spiro atoms. The number of aryl methyl sites for hydroxylation is 1. The first-order chi connectivity index (χ1) is 7.86. The second-order valence-electron chi connectivity index (χ2n) is 3.60. The van der Waals surface area contributed by atoms with Crippen molar-refractivity contribution in [2.45, 2.75) is 6.18 Å². The van der Waals surface area contributed by atoms with E-state index in [-0.39, 0.29) is 16.7 Å².